The topological polar surface area (TPSA) is 29.3 Å². The molecule has 0 unspecified atom stereocenters. The third-order valence-electron chi connectivity index (χ3n) is 1.61. The molecule has 0 aliphatic rings. The fourth-order valence-corrected chi connectivity index (χ4v) is 1.21. The summed E-state index contributed by atoms with van der Waals surface area (Å²) in [5.74, 6) is 0.812. The number of nitrogens with two attached hydrogens (primary N) is 1. The molecule has 0 aromatic heterocycles. The molecule has 0 aromatic carbocycles. The second kappa shape index (κ2) is 11.0. The van der Waals surface area contributed by atoms with Crippen LogP contribution >= 0.6 is 0 Å². The third-order valence-corrected chi connectivity index (χ3v) is 1.61. The Morgan fingerprint density at radius 2 is 1.50 bits per heavy atom. The molecule has 0 spiro atoms. The van der Waals surface area contributed by atoms with Gasteiger partial charge in [-0.1, -0.05) is 41.5 Å². The van der Waals surface area contributed by atoms with E-state index in [-0.39, 0.29) is 0 Å². The van der Waals surface area contributed by atoms with Crippen LogP contribution in [0.4, 0.5) is 0 Å². The summed E-state index contributed by atoms with van der Waals surface area (Å²) >= 11 is 0. The molecule has 0 aromatic rings. The summed E-state index contributed by atoms with van der Waals surface area (Å²) in [6.07, 6.45) is 1.28. The van der Waals surface area contributed by atoms with Gasteiger partial charge in [0.05, 0.1) is 0 Å². The molecule has 0 saturated carbocycles. The minimum atomic E-state index is 0.333. The maximum absolute atomic E-state index is 5.11. The lowest BCUT2D eigenvalue weighted by atomic mass is 10.2. The van der Waals surface area contributed by atoms with Gasteiger partial charge in [-0.05, 0) is 31.5 Å². The molecule has 0 heterocycles. The van der Waals surface area contributed by atoms with E-state index < -0.39 is 0 Å². The maximum Gasteiger partial charge on any atom is 0.000426 e. The van der Waals surface area contributed by atoms with Gasteiger partial charge in [-0.2, -0.15) is 0 Å². The highest BCUT2D eigenvalue weighted by molar-refractivity contribution is 4.56. The van der Waals surface area contributed by atoms with Crippen molar-refractivity contribution in [3.05, 3.63) is 0 Å². The third kappa shape index (κ3) is 17.9. The number of hydrogen-bond donors (Lipinski definition) is 1. The van der Waals surface area contributed by atoms with Crippen LogP contribution in [-0.2, 0) is 0 Å². The Kier molecular flexibility index (Phi) is 12.8. The van der Waals surface area contributed by atoms with Gasteiger partial charge in [0.1, 0.15) is 0 Å². The summed E-state index contributed by atoms with van der Waals surface area (Å²) in [6, 6.07) is 0.333. The SMILES string of the molecule is CC(C)N.CCCN(CC)CC(C)C. The highest BCUT2D eigenvalue weighted by Crippen LogP contribution is 1.98. The minimum absolute atomic E-state index is 0.333. The van der Waals surface area contributed by atoms with Gasteiger partial charge in [0.15, 0.2) is 0 Å². The van der Waals surface area contributed by atoms with E-state index in [0.717, 1.165) is 5.92 Å². The highest BCUT2D eigenvalue weighted by Gasteiger charge is 2.01. The van der Waals surface area contributed by atoms with Crippen LogP contribution in [0, 0.1) is 5.92 Å². The Morgan fingerprint density at radius 3 is 1.71 bits per heavy atom. The fraction of sp³-hybridized carbons (Fsp3) is 1.00. The van der Waals surface area contributed by atoms with Gasteiger partial charge in [0.25, 0.3) is 0 Å². The predicted octanol–water partition coefficient (Wildman–Crippen LogP) is 2.73. The van der Waals surface area contributed by atoms with E-state index in [1.165, 1.54) is 26.1 Å². The molecular formula is C12H30N2. The number of rotatable bonds is 5. The molecule has 0 aliphatic carbocycles. The van der Waals surface area contributed by atoms with Crippen molar-refractivity contribution in [2.45, 2.75) is 54.0 Å². The summed E-state index contributed by atoms with van der Waals surface area (Å²) in [5, 5.41) is 0. The smallest absolute Gasteiger partial charge is 0.000426 e. The first-order chi connectivity index (χ1) is 6.43. The fourth-order valence-electron chi connectivity index (χ4n) is 1.21. The first-order valence-electron chi connectivity index (χ1n) is 5.91. The summed E-state index contributed by atoms with van der Waals surface area (Å²) in [5.41, 5.74) is 5.11. The number of nitrogens with zero attached hydrogens (tertiary/aromatic N) is 1. The highest BCUT2D eigenvalue weighted by atomic mass is 15.1. The van der Waals surface area contributed by atoms with Gasteiger partial charge in [-0.25, -0.2) is 0 Å². The summed E-state index contributed by atoms with van der Waals surface area (Å²) in [6.45, 7) is 16.6. The van der Waals surface area contributed by atoms with Crippen LogP contribution in [0.25, 0.3) is 0 Å². The van der Waals surface area contributed by atoms with E-state index in [2.05, 4.69) is 32.6 Å². The van der Waals surface area contributed by atoms with Crippen LogP contribution in [0.5, 0.6) is 0 Å². The van der Waals surface area contributed by atoms with E-state index in [0.29, 0.717) is 6.04 Å². The van der Waals surface area contributed by atoms with E-state index in [4.69, 9.17) is 5.73 Å². The molecule has 2 heteroatoms. The lowest BCUT2D eigenvalue weighted by molar-refractivity contribution is 0.257. The molecule has 2 nitrogen and oxygen atoms in total. The van der Waals surface area contributed by atoms with Crippen molar-refractivity contribution >= 4 is 0 Å². The van der Waals surface area contributed by atoms with E-state index in [1.807, 2.05) is 13.8 Å². The Hall–Kier alpha value is -0.0800. The van der Waals surface area contributed by atoms with E-state index in [9.17, 15) is 0 Å². The molecule has 0 bridgehead atoms. The number of hydrogen-bond acceptors (Lipinski definition) is 2. The molecule has 14 heavy (non-hydrogen) atoms. The van der Waals surface area contributed by atoms with Crippen LogP contribution in [0.1, 0.15) is 48.0 Å². The van der Waals surface area contributed by atoms with Crippen molar-refractivity contribution in [1.82, 2.24) is 4.90 Å². The van der Waals surface area contributed by atoms with Crippen molar-refractivity contribution in [2.75, 3.05) is 19.6 Å². The molecule has 0 atom stereocenters. The maximum atomic E-state index is 5.11. The van der Waals surface area contributed by atoms with E-state index >= 15 is 0 Å². The quantitative estimate of drug-likeness (QED) is 0.743. The van der Waals surface area contributed by atoms with Gasteiger partial charge in [-0.3, -0.25) is 0 Å². The van der Waals surface area contributed by atoms with Crippen molar-refractivity contribution in [2.24, 2.45) is 11.7 Å². The molecule has 0 rings (SSSR count). The van der Waals surface area contributed by atoms with Crippen LogP contribution < -0.4 is 5.73 Å². The first-order valence-corrected chi connectivity index (χ1v) is 5.91. The van der Waals surface area contributed by atoms with Crippen LogP contribution in [0.3, 0.4) is 0 Å². The molecule has 0 amide bonds. The average molecular weight is 202 g/mol. The van der Waals surface area contributed by atoms with Crippen molar-refractivity contribution in [3.63, 3.8) is 0 Å². The Balaban J connectivity index is 0. The Labute approximate surface area is 90.9 Å². The standard InChI is InChI=1S/C9H21N.C3H9N/c1-5-7-10(6-2)8-9(3)4;1-3(2)4/h9H,5-8H2,1-4H3;3H,4H2,1-2H3. The molecule has 0 radical (unpaired) electrons. The normalized spacial score (nSPS) is 10.7. The van der Waals surface area contributed by atoms with E-state index in [1.54, 1.807) is 0 Å². The second-order valence-electron chi connectivity index (χ2n) is 4.53. The van der Waals surface area contributed by atoms with Gasteiger partial charge in [-0.15, -0.1) is 0 Å². The van der Waals surface area contributed by atoms with Gasteiger partial charge < -0.3 is 10.6 Å². The Bertz CT molecular complexity index is 97.7. The largest absolute Gasteiger partial charge is 0.328 e. The summed E-state index contributed by atoms with van der Waals surface area (Å²) < 4.78 is 0. The zero-order valence-electron chi connectivity index (χ0n) is 11.0. The average Bonchev–Trinajstić information content (AvgIpc) is 2.01. The molecule has 2 N–H and O–H groups in total. The second-order valence-corrected chi connectivity index (χ2v) is 4.53. The van der Waals surface area contributed by atoms with Crippen molar-refractivity contribution in [1.29, 1.82) is 0 Å². The van der Waals surface area contributed by atoms with Crippen molar-refractivity contribution in [3.8, 4) is 0 Å². The van der Waals surface area contributed by atoms with Gasteiger partial charge >= 0.3 is 0 Å². The molecular weight excluding hydrogens is 172 g/mol. The van der Waals surface area contributed by atoms with Crippen LogP contribution in [-0.4, -0.2) is 30.6 Å². The molecule has 0 aliphatic heterocycles. The van der Waals surface area contributed by atoms with Gasteiger partial charge in [0.2, 0.25) is 0 Å². The predicted molar refractivity (Wildman–Crippen MR) is 66.6 cm³/mol. The lowest BCUT2D eigenvalue weighted by Crippen LogP contribution is -2.28. The zero-order valence-corrected chi connectivity index (χ0v) is 11.0. The Morgan fingerprint density at radius 1 is 1.07 bits per heavy atom. The van der Waals surface area contributed by atoms with Crippen LogP contribution in [0.15, 0.2) is 0 Å². The first kappa shape index (κ1) is 16.4. The van der Waals surface area contributed by atoms with Crippen molar-refractivity contribution < 1.29 is 0 Å². The zero-order chi connectivity index (χ0) is 11.6. The molecule has 0 saturated heterocycles. The summed E-state index contributed by atoms with van der Waals surface area (Å²) in [7, 11) is 0. The monoisotopic (exact) mass is 202 g/mol. The minimum Gasteiger partial charge on any atom is -0.328 e. The lowest BCUT2D eigenvalue weighted by Gasteiger charge is -2.21. The van der Waals surface area contributed by atoms with Crippen LogP contribution in [0.2, 0.25) is 0 Å². The molecule has 0 fully saturated rings. The summed E-state index contributed by atoms with van der Waals surface area (Å²) in [4.78, 5) is 2.50. The van der Waals surface area contributed by atoms with Gasteiger partial charge in [0, 0.05) is 6.54 Å². The molecule has 88 valence electrons.